The number of nitrogens with zero attached hydrogens (tertiary/aromatic N) is 1. The van der Waals surface area contributed by atoms with E-state index in [0.717, 1.165) is 25.1 Å². The highest BCUT2D eigenvalue weighted by molar-refractivity contribution is 7.90. The van der Waals surface area contributed by atoms with Crippen LogP contribution in [0.25, 0.3) is 0 Å². The van der Waals surface area contributed by atoms with Gasteiger partial charge in [-0.15, -0.1) is 0 Å². The molecule has 1 aromatic carbocycles. The molecule has 3 rings (SSSR count). The highest BCUT2D eigenvalue weighted by Gasteiger charge is 2.31. The van der Waals surface area contributed by atoms with E-state index in [4.69, 9.17) is 5.14 Å². The van der Waals surface area contributed by atoms with Crippen molar-refractivity contribution in [1.29, 1.82) is 0 Å². The van der Waals surface area contributed by atoms with Crippen molar-refractivity contribution in [2.24, 2.45) is 5.14 Å². The van der Waals surface area contributed by atoms with Gasteiger partial charge in [-0.2, -0.15) is 8.42 Å². The molecule has 21 heavy (non-hydrogen) atoms. The summed E-state index contributed by atoms with van der Waals surface area (Å²) in [4.78, 5) is 2.58. The second kappa shape index (κ2) is 5.82. The van der Waals surface area contributed by atoms with E-state index in [9.17, 15) is 8.42 Å². The van der Waals surface area contributed by atoms with Crippen molar-refractivity contribution in [2.75, 3.05) is 23.1 Å². The van der Waals surface area contributed by atoms with Crippen LogP contribution in [0.2, 0.25) is 0 Å². The minimum Gasteiger partial charge on any atom is -0.382 e. The molecule has 116 valence electrons. The summed E-state index contributed by atoms with van der Waals surface area (Å²) in [6, 6.07) is 8.41. The van der Waals surface area contributed by atoms with Crippen molar-refractivity contribution in [3.05, 3.63) is 24.3 Å². The summed E-state index contributed by atoms with van der Waals surface area (Å²) in [5.41, 5.74) is 1.42. The van der Waals surface area contributed by atoms with E-state index in [0.29, 0.717) is 17.8 Å². The van der Waals surface area contributed by atoms with Crippen LogP contribution in [0.15, 0.2) is 24.3 Å². The van der Waals surface area contributed by atoms with Crippen LogP contribution in [0.3, 0.4) is 0 Å². The molecule has 6 nitrogen and oxygen atoms in total. The zero-order valence-electron chi connectivity index (χ0n) is 12.0. The van der Waals surface area contributed by atoms with Crippen molar-refractivity contribution in [3.63, 3.8) is 0 Å². The van der Waals surface area contributed by atoms with E-state index in [1.54, 1.807) is 12.1 Å². The van der Waals surface area contributed by atoms with E-state index in [1.807, 2.05) is 12.1 Å². The summed E-state index contributed by atoms with van der Waals surface area (Å²) >= 11 is 0. The lowest BCUT2D eigenvalue weighted by atomic mass is 9.97. The average molecular weight is 310 g/mol. The van der Waals surface area contributed by atoms with Gasteiger partial charge < -0.3 is 10.2 Å². The molecule has 0 amide bonds. The molecule has 0 radical (unpaired) electrons. The predicted octanol–water partition coefficient (Wildman–Crippen LogP) is 1.34. The number of nitrogens with two attached hydrogens (primary N) is 1. The van der Waals surface area contributed by atoms with Gasteiger partial charge in [0.15, 0.2) is 0 Å². The molecule has 4 N–H and O–H groups in total. The molecular weight excluding hydrogens is 288 g/mol. The highest BCUT2D eigenvalue weighted by atomic mass is 32.2. The van der Waals surface area contributed by atoms with Gasteiger partial charge in [-0.1, -0.05) is 6.07 Å². The zero-order chi connectivity index (χ0) is 14.9. The van der Waals surface area contributed by atoms with Crippen LogP contribution < -0.4 is 15.2 Å². The molecule has 0 bridgehead atoms. The van der Waals surface area contributed by atoms with E-state index in [-0.39, 0.29) is 0 Å². The van der Waals surface area contributed by atoms with Crippen LogP contribution in [0.1, 0.15) is 25.7 Å². The van der Waals surface area contributed by atoms with Gasteiger partial charge in [0.05, 0.1) is 5.69 Å². The Morgan fingerprint density at radius 1 is 1.19 bits per heavy atom. The van der Waals surface area contributed by atoms with E-state index >= 15 is 0 Å². The van der Waals surface area contributed by atoms with Crippen LogP contribution >= 0.6 is 0 Å². The Kier molecular flexibility index (Phi) is 4.05. The largest absolute Gasteiger partial charge is 0.382 e. The molecule has 1 aromatic rings. The smallest absolute Gasteiger partial charge is 0.296 e. The maximum Gasteiger partial charge on any atom is 0.296 e. The van der Waals surface area contributed by atoms with Crippen molar-refractivity contribution in [2.45, 2.75) is 37.8 Å². The fraction of sp³-hybridized carbons (Fsp3) is 0.571. The van der Waals surface area contributed by atoms with E-state index < -0.39 is 10.2 Å². The number of hydrogen-bond acceptors (Lipinski definition) is 4. The Labute approximate surface area is 125 Å². The van der Waals surface area contributed by atoms with Crippen molar-refractivity contribution >= 4 is 21.6 Å². The molecule has 0 spiro atoms. The minimum absolute atomic E-state index is 0.453. The van der Waals surface area contributed by atoms with Crippen LogP contribution in [-0.2, 0) is 10.2 Å². The first-order valence-electron chi connectivity index (χ1n) is 7.41. The lowest BCUT2D eigenvalue weighted by molar-refractivity contribution is 0.188. The van der Waals surface area contributed by atoms with Gasteiger partial charge >= 0.3 is 0 Å². The molecule has 2 unspecified atom stereocenters. The fourth-order valence-electron chi connectivity index (χ4n) is 3.43. The first kappa shape index (κ1) is 14.6. The summed E-state index contributed by atoms with van der Waals surface area (Å²) in [5, 5.41) is 8.51. The zero-order valence-corrected chi connectivity index (χ0v) is 12.8. The topological polar surface area (TPSA) is 87.5 Å². The molecule has 0 saturated carbocycles. The van der Waals surface area contributed by atoms with Crippen LogP contribution in [0.4, 0.5) is 11.4 Å². The molecule has 2 atom stereocenters. The van der Waals surface area contributed by atoms with Gasteiger partial charge in [0.2, 0.25) is 0 Å². The monoisotopic (exact) mass is 310 g/mol. The number of hydrogen-bond donors (Lipinski definition) is 3. The maximum absolute atomic E-state index is 11.1. The summed E-state index contributed by atoms with van der Waals surface area (Å²) in [6.07, 6.45) is 4.90. The highest BCUT2D eigenvalue weighted by Crippen LogP contribution is 2.29. The lowest BCUT2D eigenvalue weighted by Gasteiger charge is -2.35. The van der Waals surface area contributed by atoms with Crippen LogP contribution in [0.5, 0.6) is 0 Å². The predicted molar refractivity (Wildman–Crippen MR) is 84.4 cm³/mol. The molecule has 7 heteroatoms. The van der Waals surface area contributed by atoms with Gasteiger partial charge in [0.25, 0.3) is 10.2 Å². The van der Waals surface area contributed by atoms with Gasteiger partial charge in [0, 0.05) is 24.3 Å². The molecule has 2 heterocycles. The SMILES string of the molecule is NS(=O)(=O)Nc1cccc(NC2CCN3CCCC3C2)c1. The summed E-state index contributed by atoms with van der Waals surface area (Å²) in [7, 11) is -3.72. The second-order valence-electron chi connectivity index (χ2n) is 5.93. The first-order chi connectivity index (χ1) is 9.99. The third-order valence-electron chi connectivity index (χ3n) is 4.31. The number of benzene rings is 1. The summed E-state index contributed by atoms with van der Waals surface area (Å²) in [5.74, 6) is 0. The molecule has 0 aromatic heterocycles. The fourth-order valence-corrected chi connectivity index (χ4v) is 3.88. The average Bonchev–Trinajstić information content (AvgIpc) is 2.84. The van der Waals surface area contributed by atoms with Gasteiger partial charge in [-0.25, -0.2) is 5.14 Å². The number of nitrogens with one attached hydrogen (secondary N) is 2. The summed E-state index contributed by atoms with van der Waals surface area (Å²) in [6.45, 7) is 2.39. The Morgan fingerprint density at radius 3 is 2.81 bits per heavy atom. The summed E-state index contributed by atoms with van der Waals surface area (Å²) < 4.78 is 24.4. The van der Waals surface area contributed by atoms with Gasteiger partial charge in [0.1, 0.15) is 0 Å². The second-order valence-corrected chi connectivity index (χ2v) is 7.22. The number of anilines is 2. The minimum atomic E-state index is -3.72. The maximum atomic E-state index is 11.1. The van der Waals surface area contributed by atoms with Crippen LogP contribution in [-0.4, -0.2) is 38.5 Å². The lowest BCUT2D eigenvalue weighted by Crippen LogP contribution is -2.42. The van der Waals surface area contributed by atoms with E-state index in [2.05, 4.69) is 14.9 Å². The van der Waals surface area contributed by atoms with Crippen molar-refractivity contribution in [3.8, 4) is 0 Å². The Balaban J connectivity index is 1.63. The third-order valence-corrected chi connectivity index (χ3v) is 4.83. The molecule has 2 aliphatic heterocycles. The standard InChI is InChI=1S/C14H22N4O2S/c15-21(19,20)17-13-4-1-3-11(9-13)16-12-6-8-18-7-2-5-14(18)10-12/h1,3-4,9,12,14,16-17H,2,5-8,10H2,(H2,15,19,20). The normalized spacial score (nSPS) is 26.3. The van der Waals surface area contributed by atoms with Crippen molar-refractivity contribution in [1.82, 2.24) is 4.90 Å². The molecule has 2 aliphatic rings. The van der Waals surface area contributed by atoms with E-state index in [1.165, 1.54) is 19.4 Å². The Bertz CT molecular complexity index is 605. The van der Waals surface area contributed by atoms with Gasteiger partial charge in [-0.3, -0.25) is 4.72 Å². The number of rotatable bonds is 4. The van der Waals surface area contributed by atoms with Crippen molar-refractivity contribution < 1.29 is 8.42 Å². The number of piperidine rings is 1. The molecular formula is C14H22N4O2S. The quantitative estimate of drug-likeness (QED) is 0.783. The molecule has 0 aliphatic carbocycles. The molecule has 2 saturated heterocycles. The Hall–Kier alpha value is -1.31. The first-order valence-corrected chi connectivity index (χ1v) is 8.95. The third kappa shape index (κ3) is 3.87. The molecule has 2 fully saturated rings. The van der Waals surface area contributed by atoms with Gasteiger partial charge in [-0.05, 0) is 50.4 Å². The number of fused-ring (bicyclic) bond motifs is 1. The Morgan fingerprint density at radius 2 is 2.00 bits per heavy atom. The van der Waals surface area contributed by atoms with Crippen LogP contribution in [0, 0.1) is 0 Å².